The monoisotopic (exact) mass is 366 g/mol. The van der Waals surface area contributed by atoms with Gasteiger partial charge in [-0.25, -0.2) is 0 Å². The summed E-state index contributed by atoms with van der Waals surface area (Å²) in [5, 5.41) is 3.02. The molecule has 1 saturated heterocycles. The maximum Gasteiger partial charge on any atom is 0.248 e. The zero-order chi connectivity index (χ0) is 18.4. The maximum absolute atomic E-state index is 12.3. The summed E-state index contributed by atoms with van der Waals surface area (Å²) >= 11 is 2.02. The molecular weight excluding hydrogens is 340 g/mol. The highest BCUT2D eigenvalue weighted by molar-refractivity contribution is 7.99. The van der Waals surface area contributed by atoms with E-state index in [-0.39, 0.29) is 5.91 Å². The van der Waals surface area contributed by atoms with E-state index in [1.165, 1.54) is 22.6 Å². The van der Waals surface area contributed by atoms with Gasteiger partial charge in [0, 0.05) is 42.9 Å². The molecule has 0 atom stereocenters. The van der Waals surface area contributed by atoms with Crippen molar-refractivity contribution < 1.29 is 4.79 Å². The first-order chi connectivity index (χ1) is 12.6. The summed E-state index contributed by atoms with van der Waals surface area (Å²) in [6, 6.07) is 14.3. The van der Waals surface area contributed by atoms with Gasteiger partial charge in [-0.3, -0.25) is 9.69 Å². The van der Waals surface area contributed by atoms with Gasteiger partial charge in [0.05, 0.1) is 0 Å². The van der Waals surface area contributed by atoms with Crippen molar-refractivity contribution in [1.82, 2.24) is 4.90 Å². The average Bonchev–Trinajstić information content (AvgIpc) is 2.65. The molecule has 1 amide bonds. The Labute approximate surface area is 160 Å². The Kier molecular flexibility index (Phi) is 6.53. The molecule has 1 aliphatic heterocycles. The molecule has 3 nitrogen and oxygen atoms in total. The zero-order valence-corrected chi connectivity index (χ0v) is 16.3. The van der Waals surface area contributed by atoms with Crippen LogP contribution in [0.1, 0.15) is 22.3 Å². The van der Waals surface area contributed by atoms with Crippen molar-refractivity contribution in [3.8, 4) is 0 Å². The third-order valence-electron chi connectivity index (χ3n) is 4.71. The number of nitrogens with one attached hydrogen (secondary N) is 1. The number of rotatable bonds is 5. The molecular formula is C22H26N2OS. The Hall–Kier alpha value is -2.04. The topological polar surface area (TPSA) is 32.3 Å². The lowest BCUT2D eigenvalue weighted by molar-refractivity contribution is -0.111. The number of hydrogen-bond acceptors (Lipinski definition) is 3. The van der Waals surface area contributed by atoms with Crippen LogP contribution >= 0.6 is 11.8 Å². The second kappa shape index (κ2) is 9.06. The highest BCUT2D eigenvalue weighted by Gasteiger charge is 2.13. The van der Waals surface area contributed by atoms with E-state index in [0.29, 0.717) is 0 Å². The van der Waals surface area contributed by atoms with Crippen molar-refractivity contribution in [2.45, 2.75) is 20.4 Å². The Morgan fingerprint density at radius 1 is 1.12 bits per heavy atom. The van der Waals surface area contributed by atoms with Crippen LogP contribution in [0.2, 0.25) is 0 Å². The molecule has 0 spiro atoms. The van der Waals surface area contributed by atoms with E-state index >= 15 is 0 Å². The van der Waals surface area contributed by atoms with E-state index in [9.17, 15) is 4.79 Å². The molecule has 0 radical (unpaired) electrons. The minimum atomic E-state index is -0.0970. The van der Waals surface area contributed by atoms with E-state index in [1.54, 1.807) is 6.08 Å². The molecule has 1 N–H and O–H groups in total. The van der Waals surface area contributed by atoms with Crippen LogP contribution in [0.4, 0.5) is 5.69 Å². The first-order valence-electron chi connectivity index (χ1n) is 9.06. The third kappa shape index (κ3) is 5.23. The molecule has 4 heteroatoms. The first-order valence-corrected chi connectivity index (χ1v) is 10.2. The number of benzene rings is 2. The summed E-state index contributed by atoms with van der Waals surface area (Å²) in [6.45, 7) is 7.38. The second-order valence-electron chi connectivity index (χ2n) is 6.71. The highest BCUT2D eigenvalue weighted by atomic mass is 32.2. The van der Waals surface area contributed by atoms with Crippen molar-refractivity contribution in [2.75, 3.05) is 29.9 Å². The smallest absolute Gasteiger partial charge is 0.248 e. The normalized spacial score (nSPS) is 15.3. The minimum absolute atomic E-state index is 0.0970. The van der Waals surface area contributed by atoms with Gasteiger partial charge in [0.1, 0.15) is 0 Å². The van der Waals surface area contributed by atoms with Crippen LogP contribution < -0.4 is 5.32 Å². The fourth-order valence-electron chi connectivity index (χ4n) is 3.01. The number of amides is 1. The van der Waals surface area contributed by atoms with Crippen LogP contribution in [-0.4, -0.2) is 35.4 Å². The van der Waals surface area contributed by atoms with Crippen LogP contribution in [0.5, 0.6) is 0 Å². The molecule has 1 aliphatic rings. The standard InChI is InChI=1S/C22H26N2OS/c1-17-6-8-19(9-7-17)10-11-22(25)23-21-5-3-4-20(18(21)2)16-24-12-14-26-15-13-24/h3-11H,12-16H2,1-2H3,(H,23,25)/b11-10+. The van der Waals surface area contributed by atoms with Gasteiger partial charge in [-0.1, -0.05) is 42.0 Å². The molecule has 1 fully saturated rings. The molecule has 136 valence electrons. The molecule has 0 aromatic heterocycles. The largest absolute Gasteiger partial charge is 0.322 e. The van der Waals surface area contributed by atoms with Crippen LogP contribution in [0.15, 0.2) is 48.5 Å². The predicted octanol–water partition coefficient (Wildman–Crippen LogP) is 4.50. The Balaban J connectivity index is 1.64. The van der Waals surface area contributed by atoms with E-state index in [2.05, 4.69) is 30.1 Å². The molecule has 0 bridgehead atoms. The average molecular weight is 367 g/mol. The summed E-state index contributed by atoms with van der Waals surface area (Å²) < 4.78 is 0. The van der Waals surface area contributed by atoms with Crippen molar-refractivity contribution in [3.05, 3.63) is 70.8 Å². The number of anilines is 1. The van der Waals surface area contributed by atoms with Crippen molar-refractivity contribution >= 4 is 29.4 Å². The Morgan fingerprint density at radius 3 is 2.58 bits per heavy atom. The molecule has 0 aliphatic carbocycles. The van der Waals surface area contributed by atoms with E-state index in [0.717, 1.165) is 36.4 Å². The molecule has 2 aromatic rings. The van der Waals surface area contributed by atoms with Gasteiger partial charge in [-0.2, -0.15) is 11.8 Å². The van der Waals surface area contributed by atoms with Gasteiger partial charge in [-0.05, 0) is 42.7 Å². The summed E-state index contributed by atoms with van der Waals surface area (Å²) in [7, 11) is 0. The summed E-state index contributed by atoms with van der Waals surface area (Å²) in [5.74, 6) is 2.32. The van der Waals surface area contributed by atoms with Crippen molar-refractivity contribution in [2.24, 2.45) is 0 Å². The Morgan fingerprint density at radius 2 is 1.85 bits per heavy atom. The quantitative estimate of drug-likeness (QED) is 0.791. The number of hydrogen-bond donors (Lipinski definition) is 1. The molecule has 0 unspecified atom stereocenters. The lowest BCUT2D eigenvalue weighted by Gasteiger charge is -2.27. The summed E-state index contributed by atoms with van der Waals surface area (Å²) in [4.78, 5) is 14.8. The molecule has 2 aromatic carbocycles. The van der Waals surface area contributed by atoms with Crippen LogP contribution in [0, 0.1) is 13.8 Å². The fraction of sp³-hybridized carbons (Fsp3) is 0.318. The fourth-order valence-corrected chi connectivity index (χ4v) is 3.99. The zero-order valence-electron chi connectivity index (χ0n) is 15.5. The number of aryl methyl sites for hydroxylation is 1. The third-order valence-corrected chi connectivity index (χ3v) is 5.65. The van der Waals surface area contributed by atoms with E-state index < -0.39 is 0 Å². The molecule has 1 heterocycles. The van der Waals surface area contributed by atoms with Gasteiger partial charge in [0.15, 0.2) is 0 Å². The minimum Gasteiger partial charge on any atom is -0.322 e. The number of carbonyl (C=O) groups is 1. The second-order valence-corrected chi connectivity index (χ2v) is 7.94. The highest BCUT2D eigenvalue weighted by Crippen LogP contribution is 2.22. The van der Waals surface area contributed by atoms with Gasteiger partial charge in [0.25, 0.3) is 0 Å². The predicted molar refractivity (Wildman–Crippen MR) is 113 cm³/mol. The summed E-state index contributed by atoms with van der Waals surface area (Å²) in [5.41, 5.74) is 5.58. The van der Waals surface area contributed by atoms with Crippen molar-refractivity contribution in [3.63, 3.8) is 0 Å². The maximum atomic E-state index is 12.3. The molecule has 26 heavy (non-hydrogen) atoms. The van der Waals surface area contributed by atoms with Crippen LogP contribution in [-0.2, 0) is 11.3 Å². The van der Waals surface area contributed by atoms with Gasteiger partial charge in [0.2, 0.25) is 5.91 Å². The molecule has 0 saturated carbocycles. The van der Waals surface area contributed by atoms with Gasteiger partial charge < -0.3 is 5.32 Å². The van der Waals surface area contributed by atoms with E-state index in [4.69, 9.17) is 0 Å². The van der Waals surface area contributed by atoms with Gasteiger partial charge in [-0.15, -0.1) is 0 Å². The van der Waals surface area contributed by atoms with E-state index in [1.807, 2.05) is 54.2 Å². The number of thioether (sulfide) groups is 1. The number of nitrogens with zero attached hydrogens (tertiary/aromatic N) is 1. The van der Waals surface area contributed by atoms with Crippen LogP contribution in [0.25, 0.3) is 6.08 Å². The SMILES string of the molecule is Cc1ccc(/C=C/C(=O)Nc2cccc(CN3CCSCC3)c2C)cc1. The molecule has 3 rings (SSSR count). The number of carbonyl (C=O) groups excluding carboxylic acids is 1. The van der Waals surface area contributed by atoms with Gasteiger partial charge >= 0.3 is 0 Å². The lowest BCUT2D eigenvalue weighted by atomic mass is 10.1. The summed E-state index contributed by atoms with van der Waals surface area (Å²) in [6.07, 6.45) is 3.44. The Bertz CT molecular complexity index is 777. The lowest BCUT2D eigenvalue weighted by Crippen LogP contribution is -2.32. The first kappa shape index (κ1) is 18.7. The van der Waals surface area contributed by atoms with Crippen molar-refractivity contribution in [1.29, 1.82) is 0 Å². The van der Waals surface area contributed by atoms with Crippen LogP contribution in [0.3, 0.4) is 0 Å².